The third kappa shape index (κ3) is 4.27. The van der Waals surface area contributed by atoms with E-state index in [1.165, 1.54) is 0 Å². The number of nitrogens with one attached hydrogen (secondary N) is 1. The molecule has 0 spiro atoms. The van der Waals surface area contributed by atoms with Crippen molar-refractivity contribution < 1.29 is 14.3 Å². The van der Waals surface area contributed by atoms with Gasteiger partial charge in [0.25, 0.3) is 0 Å². The van der Waals surface area contributed by atoms with E-state index in [2.05, 4.69) is 26.6 Å². The number of hydrogen-bond acceptors (Lipinski definition) is 7. The van der Waals surface area contributed by atoms with Crippen LogP contribution in [-0.2, 0) is 22.6 Å². The number of hydrogen-bond donors (Lipinski definition) is 1. The van der Waals surface area contributed by atoms with Crippen LogP contribution in [0, 0.1) is 0 Å². The molecule has 0 unspecified atom stereocenters. The maximum atomic E-state index is 12.6. The van der Waals surface area contributed by atoms with Gasteiger partial charge < -0.3 is 19.7 Å². The van der Waals surface area contributed by atoms with Gasteiger partial charge in [0.15, 0.2) is 11.5 Å². The van der Waals surface area contributed by atoms with Gasteiger partial charge in [-0.3, -0.25) is 4.68 Å². The Labute approximate surface area is 186 Å². The Kier molecular flexibility index (Phi) is 5.24. The zero-order valence-electron chi connectivity index (χ0n) is 18.7. The average molecular weight is 440 g/mol. The number of nitrogens with zero attached hydrogens (tertiary/aromatic N) is 6. The molecule has 3 aromatic rings. The number of aromatic nitrogens is 5. The lowest BCUT2D eigenvalue weighted by Crippen LogP contribution is -2.42. The molecule has 1 N–H and O–H groups in total. The summed E-state index contributed by atoms with van der Waals surface area (Å²) in [7, 11) is 0. The lowest BCUT2D eigenvalue weighted by atomic mass is 9.91. The first-order valence-electron chi connectivity index (χ1n) is 11.1. The Bertz CT molecular complexity index is 1110. The summed E-state index contributed by atoms with van der Waals surface area (Å²) in [6.45, 7) is 8.99. The van der Waals surface area contributed by atoms with Gasteiger partial charge in [-0.2, -0.15) is 10.2 Å². The monoisotopic (exact) mass is 439 g/mol. The molecular formula is C22H29N7O3. The molecule has 170 valence electrons. The van der Waals surface area contributed by atoms with Crippen molar-refractivity contribution in [2.45, 2.75) is 58.3 Å². The van der Waals surface area contributed by atoms with Crippen LogP contribution in [0.4, 0.5) is 16.3 Å². The Hall–Kier alpha value is -3.14. The van der Waals surface area contributed by atoms with Crippen molar-refractivity contribution in [3.05, 3.63) is 35.9 Å². The van der Waals surface area contributed by atoms with E-state index >= 15 is 0 Å². The third-order valence-corrected chi connectivity index (χ3v) is 5.76. The van der Waals surface area contributed by atoms with Crippen LogP contribution in [0.5, 0.6) is 0 Å². The molecule has 2 aliphatic heterocycles. The fourth-order valence-corrected chi connectivity index (χ4v) is 4.30. The van der Waals surface area contributed by atoms with E-state index in [0.717, 1.165) is 47.8 Å². The minimum atomic E-state index is -0.504. The van der Waals surface area contributed by atoms with Crippen LogP contribution in [0.3, 0.4) is 0 Å². The summed E-state index contributed by atoms with van der Waals surface area (Å²) >= 11 is 0. The number of fused-ring (bicyclic) bond motifs is 2. The number of ether oxygens (including phenoxy) is 2. The molecule has 1 amide bonds. The van der Waals surface area contributed by atoms with Crippen molar-refractivity contribution in [3.8, 4) is 0 Å². The van der Waals surface area contributed by atoms with Crippen LogP contribution >= 0.6 is 0 Å². The first-order chi connectivity index (χ1) is 15.4. The van der Waals surface area contributed by atoms with E-state index < -0.39 is 5.60 Å². The molecule has 1 atom stereocenters. The number of carbonyl (C=O) groups excluding carboxylic acids is 1. The van der Waals surface area contributed by atoms with Gasteiger partial charge >= 0.3 is 6.09 Å². The highest BCUT2D eigenvalue weighted by molar-refractivity contribution is 5.73. The number of piperidine rings is 1. The molecule has 2 aliphatic rings. The molecule has 0 aliphatic carbocycles. The molecule has 5 rings (SSSR count). The van der Waals surface area contributed by atoms with Crippen LogP contribution in [0.15, 0.2) is 24.7 Å². The van der Waals surface area contributed by atoms with Crippen LogP contribution in [0.25, 0.3) is 5.65 Å². The molecule has 32 heavy (non-hydrogen) atoms. The molecule has 1 saturated heterocycles. The molecule has 0 saturated carbocycles. The highest BCUT2D eigenvalue weighted by Crippen LogP contribution is 2.31. The second kappa shape index (κ2) is 8.09. The summed E-state index contributed by atoms with van der Waals surface area (Å²) in [5.74, 6) is 0.945. The summed E-state index contributed by atoms with van der Waals surface area (Å²) in [5, 5.41) is 12.4. The number of likely N-dealkylation sites (tertiary alicyclic amines) is 1. The van der Waals surface area contributed by atoms with Gasteiger partial charge in [0.2, 0.25) is 0 Å². The second-order valence-corrected chi connectivity index (χ2v) is 9.40. The second-order valence-electron chi connectivity index (χ2n) is 9.40. The predicted octanol–water partition coefficient (Wildman–Crippen LogP) is 3.31. The highest BCUT2D eigenvalue weighted by atomic mass is 16.6. The number of amides is 1. The van der Waals surface area contributed by atoms with Gasteiger partial charge in [-0.25, -0.2) is 14.3 Å². The van der Waals surface area contributed by atoms with Gasteiger partial charge in [0.1, 0.15) is 11.9 Å². The summed E-state index contributed by atoms with van der Waals surface area (Å²) < 4.78 is 14.9. The Morgan fingerprint density at radius 2 is 2.16 bits per heavy atom. The minimum Gasteiger partial charge on any atom is -0.444 e. The van der Waals surface area contributed by atoms with Crippen molar-refractivity contribution in [2.75, 3.05) is 25.0 Å². The van der Waals surface area contributed by atoms with Crippen LogP contribution in [-0.4, -0.2) is 60.7 Å². The number of pyridine rings is 1. The normalized spacial score (nSPS) is 19.1. The summed E-state index contributed by atoms with van der Waals surface area (Å²) in [6.07, 6.45) is 5.21. The number of anilines is 2. The molecule has 5 heterocycles. The van der Waals surface area contributed by atoms with Crippen molar-refractivity contribution >= 4 is 23.2 Å². The number of carbonyl (C=O) groups is 1. The van der Waals surface area contributed by atoms with E-state index in [-0.39, 0.29) is 12.0 Å². The smallest absolute Gasteiger partial charge is 0.410 e. The number of rotatable bonds is 3. The molecule has 0 radical (unpaired) electrons. The molecule has 1 fully saturated rings. The van der Waals surface area contributed by atoms with E-state index in [1.807, 2.05) is 42.6 Å². The lowest BCUT2D eigenvalue weighted by molar-refractivity contribution is 0.0198. The summed E-state index contributed by atoms with van der Waals surface area (Å²) in [4.78, 5) is 18.8. The predicted molar refractivity (Wildman–Crippen MR) is 118 cm³/mol. The van der Waals surface area contributed by atoms with Crippen LogP contribution in [0.2, 0.25) is 0 Å². The average Bonchev–Trinajstić information content (AvgIpc) is 3.39. The maximum absolute atomic E-state index is 12.6. The SMILES string of the molecule is CC(C)(C)OC(=O)N1CCC[C@@H](c2cc(Nc3cc4n(n3)CCOC4)c3ncnn3c2)C1. The van der Waals surface area contributed by atoms with Gasteiger partial charge in [-0.15, -0.1) is 0 Å². The zero-order chi connectivity index (χ0) is 22.3. The topological polar surface area (TPSA) is 98.8 Å². The lowest BCUT2D eigenvalue weighted by Gasteiger charge is -2.34. The van der Waals surface area contributed by atoms with Crippen LogP contribution in [0.1, 0.15) is 50.8 Å². The van der Waals surface area contributed by atoms with Crippen molar-refractivity contribution in [3.63, 3.8) is 0 Å². The maximum Gasteiger partial charge on any atom is 0.410 e. The van der Waals surface area contributed by atoms with Gasteiger partial charge in [-0.1, -0.05) is 0 Å². The molecule has 10 heteroatoms. The van der Waals surface area contributed by atoms with Gasteiger partial charge in [0, 0.05) is 31.3 Å². The summed E-state index contributed by atoms with van der Waals surface area (Å²) in [6, 6.07) is 4.10. The van der Waals surface area contributed by atoms with Crippen LogP contribution < -0.4 is 5.32 Å². The standard InChI is InChI=1S/C22H29N7O3/c1-22(2,3)32-21(30)27-6-4-5-15(11-27)16-9-18(20-23-14-24-29(20)12-16)25-19-10-17-13-31-8-7-28(17)26-19/h9-10,12,14-15H,4-8,11,13H2,1-3H3,(H,25,26)/t15-/m1/s1. The van der Waals surface area contributed by atoms with Crippen molar-refractivity contribution in [1.82, 2.24) is 29.3 Å². The van der Waals surface area contributed by atoms with E-state index in [0.29, 0.717) is 26.3 Å². The fourth-order valence-electron chi connectivity index (χ4n) is 4.30. The quantitative estimate of drug-likeness (QED) is 0.668. The minimum absolute atomic E-state index is 0.189. The van der Waals surface area contributed by atoms with E-state index in [1.54, 1.807) is 10.8 Å². The molecule has 0 aromatic carbocycles. The molecular weight excluding hydrogens is 410 g/mol. The molecule has 10 nitrogen and oxygen atoms in total. The molecule has 3 aromatic heterocycles. The van der Waals surface area contributed by atoms with Crippen molar-refractivity contribution in [2.24, 2.45) is 0 Å². The van der Waals surface area contributed by atoms with E-state index in [9.17, 15) is 4.79 Å². The fraction of sp³-hybridized carbons (Fsp3) is 0.545. The Morgan fingerprint density at radius 3 is 2.97 bits per heavy atom. The molecule has 0 bridgehead atoms. The first kappa shape index (κ1) is 20.7. The third-order valence-electron chi connectivity index (χ3n) is 5.76. The zero-order valence-corrected chi connectivity index (χ0v) is 18.7. The Balaban J connectivity index is 1.40. The first-order valence-corrected chi connectivity index (χ1v) is 11.1. The van der Waals surface area contributed by atoms with Gasteiger partial charge in [-0.05, 0) is 45.2 Å². The summed E-state index contributed by atoms with van der Waals surface area (Å²) in [5.41, 5.74) is 3.22. The van der Waals surface area contributed by atoms with Gasteiger partial charge in [0.05, 0.1) is 31.1 Å². The highest BCUT2D eigenvalue weighted by Gasteiger charge is 2.29. The van der Waals surface area contributed by atoms with Crippen molar-refractivity contribution in [1.29, 1.82) is 0 Å². The largest absolute Gasteiger partial charge is 0.444 e. The van der Waals surface area contributed by atoms with E-state index in [4.69, 9.17) is 9.47 Å². The Morgan fingerprint density at radius 1 is 1.28 bits per heavy atom.